The topological polar surface area (TPSA) is 30.0 Å². The summed E-state index contributed by atoms with van der Waals surface area (Å²) in [6.07, 6.45) is 1.59. The molecular formula is C6H4NOSe. The molecule has 0 amide bonds. The van der Waals surface area contributed by atoms with Crippen molar-refractivity contribution in [3.8, 4) is 0 Å². The zero-order valence-electron chi connectivity index (χ0n) is 4.57. The van der Waals surface area contributed by atoms with E-state index in [4.69, 9.17) is 0 Å². The van der Waals surface area contributed by atoms with Gasteiger partial charge in [0.05, 0.1) is 0 Å². The fourth-order valence-corrected chi connectivity index (χ4v) is 0.737. The minimum atomic E-state index is -0.115. The van der Waals surface area contributed by atoms with Crippen LogP contribution in [-0.4, -0.2) is 25.7 Å². The fourth-order valence-electron chi connectivity index (χ4n) is 0.484. The summed E-state index contributed by atoms with van der Waals surface area (Å²) < 4.78 is -0.115. The molecule has 1 heterocycles. The number of hydrogen-bond acceptors (Lipinski definition) is 2. The van der Waals surface area contributed by atoms with E-state index in [1.807, 2.05) is 0 Å². The number of pyridine rings is 1. The standard InChI is InChI=1S/C6H4NOSe/c8-6(9)5-3-1-2-4-7-5/h1-4H. The SMILES string of the molecule is O=C([Se])c1ccccn1. The molecule has 0 saturated heterocycles. The number of nitrogens with zero attached hydrogens (tertiary/aromatic N) is 1. The number of hydrogen-bond donors (Lipinski definition) is 0. The summed E-state index contributed by atoms with van der Waals surface area (Å²) in [6, 6.07) is 5.21. The first-order valence-corrected chi connectivity index (χ1v) is 3.29. The van der Waals surface area contributed by atoms with E-state index < -0.39 is 0 Å². The van der Waals surface area contributed by atoms with E-state index in [9.17, 15) is 4.79 Å². The molecule has 0 aliphatic carbocycles. The average Bonchev–Trinajstić information content (AvgIpc) is 1.90. The summed E-state index contributed by atoms with van der Waals surface area (Å²) in [4.78, 5) is 14.3. The van der Waals surface area contributed by atoms with Crippen molar-refractivity contribution >= 4 is 20.7 Å². The molecule has 0 unspecified atom stereocenters. The van der Waals surface area contributed by atoms with Crippen molar-refractivity contribution < 1.29 is 4.79 Å². The van der Waals surface area contributed by atoms with E-state index in [0.29, 0.717) is 5.69 Å². The van der Waals surface area contributed by atoms with Crippen LogP contribution in [0.4, 0.5) is 0 Å². The van der Waals surface area contributed by atoms with Crippen molar-refractivity contribution in [1.82, 2.24) is 4.98 Å². The summed E-state index contributed by atoms with van der Waals surface area (Å²) in [6.45, 7) is 0. The van der Waals surface area contributed by atoms with Gasteiger partial charge in [0.15, 0.2) is 0 Å². The van der Waals surface area contributed by atoms with Crippen molar-refractivity contribution in [3.05, 3.63) is 30.1 Å². The van der Waals surface area contributed by atoms with Gasteiger partial charge in [0.2, 0.25) is 0 Å². The molecule has 0 bridgehead atoms. The molecule has 0 atom stereocenters. The minimum absolute atomic E-state index is 0.115. The van der Waals surface area contributed by atoms with E-state index in [-0.39, 0.29) is 4.68 Å². The van der Waals surface area contributed by atoms with Crippen LogP contribution in [0.15, 0.2) is 24.4 Å². The van der Waals surface area contributed by atoms with Gasteiger partial charge in [-0.1, -0.05) is 0 Å². The second-order valence-corrected chi connectivity index (χ2v) is 2.28. The number of aromatic nitrogens is 1. The summed E-state index contributed by atoms with van der Waals surface area (Å²) in [5.41, 5.74) is 0.470. The quantitative estimate of drug-likeness (QED) is 0.592. The molecule has 0 N–H and O–H groups in total. The van der Waals surface area contributed by atoms with Crippen molar-refractivity contribution in [2.45, 2.75) is 0 Å². The molecule has 1 radical (unpaired) electrons. The van der Waals surface area contributed by atoms with Crippen LogP contribution in [0.2, 0.25) is 0 Å². The summed E-state index contributed by atoms with van der Waals surface area (Å²) in [5, 5.41) is 0. The summed E-state index contributed by atoms with van der Waals surface area (Å²) in [5.74, 6) is 0. The Hall–Kier alpha value is -0.661. The first-order valence-electron chi connectivity index (χ1n) is 2.43. The molecule has 0 saturated carbocycles. The van der Waals surface area contributed by atoms with E-state index in [0.717, 1.165) is 0 Å². The molecule has 45 valence electrons. The van der Waals surface area contributed by atoms with Crippen LogP contribution in [0, 0.1) is 0 Å². The molecule has 1 rings (SSSR count). The van der Waals surface area contributed by atoms with Gasteiger partial charge in [0.25, 0.3) is 0 Å². The van der Waals surface area contributed by atoms with Crippen LogP contribution >= 0.6 is 0 Å². The number of rotatable bonds is 1. The second-order valence-electron chi connectivity index (χ2n) is 1.50. The first kappa shape index (κ1) is 6.46. The summed E-state index contributed by atoms with van der Waals surface area (Å²) >= 11 is 2.35. The fraction of sp³-hybridized carbons (Fsp3) is 0. The predicted molar refractivity (Wildman–Crippen MR) is 34.3 cm³/mol. The van der Waals surface area contributed by atoms with Crippen LogP contribution < -0.4 is 0 Å². The number of carbonyl (C=O) groups is 1. The molecule has 0 spiro atoms. The molecule has 0 aliphatic heterocycles. The third-order valence-corrected chi connectivity index (χ3v) is 1.31. The molecule has 9 heavy (non-hydrogen) atoms. The Kier molecular flexibility index (Phi) is 1.98. The third kappa shape index (κ3) is 1.63. The molecule has 1 aromatic rings. The first-order chi connectivity index (χ1) is 4.30. The molecule has 0 aliphatic rings. The van der Waals surface area contributed by atoms with Gasteiger partial charge < -0.3 is 0 Å². The zero-order valence-corrected chi connectivity index (χ0v) is 6.29. The summed E-state index contributed by atoms with van der Waals surface area (Å²) in [7, 11) is 0. The Bertz CT molecular complexity index is 210. The molecule has 3 heteroatoms. The molecule has 1 aromatic heterocycles. The van der Waals surface area contributed by atoms with Gasteiger partial charge in [-0.25, -0.2) is 0 Å². The van der Waals surface area contributed by atoms with Gasteiger partial charge in [-0.2, -0.15) is 0 Å². The van der Waals surface area contributed by atoms with Crippen molar-refractivity contribution in [3.63, 3.8) is 0 Å². The Morgan fingerprint density at radius 1 is 1.56 bits per heavy atom. The van der Waals surface area contributed by atoms with E-state index in [1.54, 1.807) is 24.4 Å². The predicted octanol–water partition coefficient (Wildman–Crippen LogP) is 0.390. The van der Waals surface area contributed by atoms with Crippen molar-refractivity contribution in [1.29, 1.82) is 0 Å². The Balaban J connectivity index is 2.98. The van der Waals surface area contributed by atoms with Crippen LogP contribution in [0.3, 0.4) is 0 Å². The van der Waals surface area contributed by atoms with E-state index in [1.165, 1.54) is 0 Å². The zero-order chi connectivity index (χ0) is 6.69. The monoisotopic (exact) mass is 186 g/mol. The van der Waals surface area contributed by atoms with Gasteiger partial charge in [-0.15, -0.1) is 0 Å². The van der Waals surface area contributed by atoms with Gasteiger partial charge >= 0.3 is 60.6 Å². The maximum atomic E-state index is 10.5. The second kappa shape index (κ2) is 2.76. The molecule has 2 nitrogen and oxygen atoms in total. The van der Waals surface area contributed by atoms with Gasteiger partial charge in [-0.05, 0) is 0 Å². The van der Waals surface area contributed by atoms with Gasteiger partial charge in [-0.3, -0.25) is 0 Å². The van der Waals surface area contributed by atoms with Gasteiger partial charge in [0.1, 0.15) is 0 Å². The van der Waals surface area contributed by atoms with E-state index in [2.05, 4.69) is 21.0 Å². The molecule has 0 fully saturated rings. The van der Waals surface area contributed by atoms with Crippen molar-refractivity contribution in [2.24, 2.45) is 0 Å². The van der Waals surface area contributed by atoms with Crippen LogP contribution in [-0.2, 0) is 0 Å². The normalized spacial score (nSPS) is 8.89. The van der Waals surface area contributed by atoms with E-state index >= 15 is 0 Å². The van der Waals surface area contributed by atoms with Gasteiger partial charge in [0, 0.05) is 0 Å². The third-order valence-electron chi connectivity index (χ3n) is 0.874. The van der Waals surface area contributed by atoms with Crippen LogP contribution in [0.5, 0.6) is 0 Å². The number of carbonyl (C=O) groups excluding carboxylic acids is 1. The Morgan fingerprint density at radius 2 is 2.33 bits per heavy atom. The molecule has 0 aromatic carbocycles. The Morgan fingerprint density at radius 3 is 2.67 bits per heavy atom. The maximum absolute atomic E-state index is 10.5. The van der Waals surface area contributed by atoms with Crippen LogP contribution in [0.1, 0.15) is 10.5 Å². The van der Waals surface area contributed by atoms with Crippen molar-refractivity contribution in [2.75, 3.05) is 0 Å². The average molecular weight is 185 g/mol. The Labute approximate surface area is 61.1 Å². The molecular weight excluding hydrogens is 181 g/mol. The van der Waals surface area contributed by atoms with Crippen LogP contribution in [0.25, 0.3) is 0 Å².